The molecule has 3 amide bonds. The molecule has 1 saturated carbocycles. The summed E-state index contributed by atoms with van der Waals surface area (Å²) in [6.07, 6.45) is 5.89. The number of rotatable bonds is 1. The van der Waals surface area contributed by atoms with Crippen LogP contribution in [0.3, 0.4) is 0 Å². The van der Waals surface area contributed by atoms with Crippen molar-refractivity contribution in [1.29, 1.82) is 0 Å². The molecule has 1 aliphatic heterocycles. The molecule has 2 fully saturated rings. The third-order valence-electron chi connectivity index (χ3n) is 3.53. The van der Waals surface area contributed by atoms with E-state index in [2.05, 4.69) is 5.32 Å². The molecule has 1 N–H and O–H groups in total. The zero-order chi connectivity index (χ0) is 10.9. The van der Waals surface area contributed by atoms with E-state index in [9.17, 15) is 9.59 Å². The van der Waals surface area contributed by atoms with Crippen LogP contribution in [-0.4, -0.2) is 28.9 Å². The van der Waals surface area contributed by atoms with Crippen LogP contribution in [0.4, 0.5) is 4.79 Å². The van der Waals surface area contributed by atoms with Crippen LogP contribution in [0.25, 0.3) is 0 Å². The minimum absolute atomic E-state index is 0.0110. The number of carbonyl (C=O) groups excluding carboxylic acids is 2. The van der Waals surface area contributed by atoms with Gasteiger partial charge in [-0.25, -0.2) is 4.79 Å². The van der Waals surface area contributed by atoms with Gasteiger partial charge >= 0.3 is 6.03 Å². The molecule has 0 radical (unpaired) electrons. The smallest absolute Gasteiger partial charge is 0.324 e. The van der Waals surface area contributed by atoms with Crippen LogP contribution in [0.1, 0.15) is 45.4 Å². The second-order valence-electron chi connectivity index (χ2n) is 4.59. The quantitative estimate of drug-likeness (QED) is 0.715. The fraction of sp³-hybridized carbons (Fsp3) is 0.818. The highest BCUT2D eigenvalue weighted by Crippen LogP contribution is 2.33. The van der Waals surface area contributed by atoms with Crippen molar-refractivity contribution >= 4 is 11.9 Å². The molecule has 2 aliphatic rings. The topological polar surface area (TPSA) is 49.4 Å². The molecule has 1 heterocycles. The number of carbonyl (C=O) groups is 2. The maximum absolute atomic E-state index is 11.8. The summed E-state index contributed by atoms with van der Waals surface area (Å²) in [6.45, 7) is 2.30. The van der Waals surface area contributed by atoms with Crippen molar-refractivity contribution in [1.82, 2.24) is 10.2 Å². The molecular formula is C11H18N2O2. The number of amides is 3. The number of nitrogens with one attached hydrogen (secondary N) is 1. The molecule has 0 atom stereocenters. The normalized spacial score (nSPS) is 25.5. The van der Waals surface area contributed by atoms with E-state index in [1.165, 1.54) is 11.3 Å². The lowest BCUT2D eigenvalue weighted by Crippen LogP contribution is -2.62. The highest BCUT2D eigenvalue weighted by atomic mass is 16.2. The first kappa shape index (κ1) is 10.5. The van der Waals surface area contributed by atoms with Gasteiger partial charge in [0, 0.05) is 6.54 Å². The van der Waals surface area contributed by atoms with E-state index < -0.39 is 0 Å². The SMILES string of the molecule is CCN1C(=O)CC2(CCCCC2)NC1=O. The van der Waals surface area contributed by atoms with Gasteiger partial charge < -0.3 is 5.32 Å². The number of nitrogens with zero attached hydrogens (tertiary/aromatic N) is 1. The first-order chi connectivity index (χ1) is 7.17. The van der Waals surface area contributed by atoms with E-state index in [1.807, 2.05) is 6.92 Å². The zero-order valence-electron chi connectivity index (χ0n) is 9.21. The van der Waals surface area contributed by atoms with Gasteiger partial charge in [0.25, 0.3) is 0 Å². The minimum Gasteiger partial charge on any atom is -0.332 e. The van der Waals surface area contributed by atoms with Crippen LogP contribution in [-0.2, 0) is 4.79 Å². The zero-order valence-corrected chi connectivity index (χ0v) is 9.21. The molecule has 4 heteroatoms. The minimum atomic E-state index is -0.210. The van der Waals surface area contributed by atoms with Gasteiger partial charge in [0.1, 0.15) is 0 Å². The first-order valence-corrected chi connectivity index (χ1v) is 5.79. The average molecular weight is 210 g/mol. The molecule has 1 spiro atoms. The molecule has 1 aliphatic carbocycles. The van der Waals surface area contributed by atoms with Crippen molar-refractivity contribution in [3.8, 4) is 0 Å². The van der Waals surface area contributed by atoms with Crippen LogP contribution in [0.15, 0.2) is 0 Å². The Kier molecular flexibility index (Phi) is 2.67. The van der Waals surface area contributed by atoms with Gasteiger partial charge in [-0.1, -0.05) is 19.3 Å². The van der Waals surface area contributed by atoms with Crippen molar-refractivity contribution in [2.75, 3.05) is 6.54 Å². The molecule has 15 heavy (non-hydrogen) atoms. The van der Waals surface area contributed by atoms with Crippen LogP contribution in [0, 0.1) is 0 Å². The summed E-state index contributed by atoms with van der Waals surface area (Å²) in [6, 6.07) is -0.198. The predicted octanol–water partition coefficient (Wildman–Crippen LogP) is 1.65. The molecule has 0 unspecified atom stereocenters. The molecule has 84 valence electrons. The van der Waals surface area contributed by atoms with Gasteiger partial charge in [0.05, 0.1) is 12.0 Å². The van der Waals surface area contributed by atoms with E-state index >= 15 is 0 Å². The summed E-state index contributed by atoms with van der Waals surface area (Å²) >= 11 is 0. The molecule has 1 saturated heterocycles. The lowest BCUT2D eigenvalue weighted by molar-refractivity contribution is -0.132. The Balaban J connectivity index is 2.12. The molecule has 0 aromatic carbocycles. The Morgan fingerprint density at radius 2 is 1.93 bits per heavy atom. The highest BCUT2D eigenvalue weighted by Gasteiger charge is 2.42. The molecular weight excluding hydrogens is 192 g/mol. The number of hydrogen-bond donors (Lipinski definition) is 1. The second-order valence-corrected chi connectivity index (χ2v) is 4.59. The largest absolute Gasteiger partial charge is 0.332 e. The van der Waals surface area contributed by atoms with Gasteiger partial charge in [-0.15, -0.1) is 0 Å². The molecule has 0 bridgehead atoms. The molecule has 0 aromatic rings. The lowest BCUT2D eigenvalue weighted by atomic mass is 9.78. The maximum atomic E-state index is 11.8. The van der Waals surface area contributed by atoms with E-state index in [0.29, 0.717) is 13.0 Å². The summed E-state index contributed by atoms with van der Waals surface area (Å²) in [4.78, 5) is 24.8. The standard InChI is InChI=1S/C11H18N2O2/c1-2-13-9(14)8-11(12-10(13)15)6-4-3-5-7-11/h2-8H2,1H3,(H,12,15). The summed E-state index contributed by atoms with van der Waals surface area (Å²) in [7, 11) is 0. The fourth-order valence-corrected chi connectivity index (χ4v) is 2.69. The Bertz CT molecular complexity index is 262. The first-order valence-electron chi connectivity index (χ1n) is 5.79. The van der Waals surface area contributed by atoms with Crippen LogP contribution < -0.4 is 5.32 Å². The van der Waals surface area contributed by atoms with Crippen LogP contribution in [0.5, 0.6) is 0 Å². The van der Waals surface area contributed by atoms with Crippen molar-refractivity contribution in [2.45, 2.75) is 51.0 Å². The predicted molar refractivity (Wildman–Crippen MR) is 56.4 cm³/mol. The molecule has 0 aromatic heterocycles. The third-order valence-corrected chi connectivity index (χ3v) is 3.53. The van der Waals surface area contributed by atoms with Gasteiger partial charge in [-0.2, -0.15) is 0 Å². The van der Waals surface area contributed by atoms with Gasteiger partial charge in [-0.3, -0.25) is 9.69 Å². The maximum Gasteiger partial charge on any atom is 0.324 e. The Hall–Kier alpha value is -1.06. The van der Waals surface area contributed by atoms with E-state index in [0.717, 1.165) is 25.7 Å². The number of urea groups is 1. The lowest BCUT2D eigenvalue weighted by Gasteiger charge is -2.43. The van der Waals surface area contributed by atoms with Crippen LogP contribution in [0.2, 0.25) is 0 Å². The van der Waals surface area contributed by atoms with Crippen molar-refractivity contribution in [3.05, 3.63) is 0 Å². The Morgan fingerprint density at radius 1 is 1.27 bits per heavy atom. The Labute approximate surface area is 90.0 Å². The highest BCUT2D eigenvalue weighted by molar-refractivity contribution is 5.98. The second kappa shape index (κ2) is 3.83. The van der Waals surface area contributed by atoms with E-state index in [-0.39, 0.29) is 17.5 Å². The number of hydrogen-bond acceptors (Lipinski definition) is 2. The van der Waals surface area contributed by atoms with Crippen molar-refractivity contribution in [3.63, 3.8) is 0 Å². The summed E-state index contributed by atoms with van der Waals surface area (Å²) in [5.41, 5.74) is -0.210. The molecule has 2 rings (SSSR count). The van der Waals surface area contributed by atoms with Crippen molar-refractivity contribution in [2.24, 2.45) is 0 Å². The molecule has 4 nitrogen and oxygen atoms in total. The number of imide groups is 1. The Morgan fingerprint density at radius 3 is 2.47 bits per heavy atom. The summed E-state index contributed by atoms with van der Waals surface area (Å²) in [5.74, 6) is -0.0110. The monoisotopic (exact) mass is 210 g/mol. The van der Waals surface area contributed by atoms with Gasteiger partial charge in [-0.05, 0) is 19.8 Å². The summed E-state index contributed by atoms with van der Waals surface area (Å²) in [5, 5.41) is 3.03. The van der Waals surface area contributed by atoms with Crippen molar-refractivity contribution < 1.29 is 9.59 Å². The van der Waals surface area contributed by atoms with Gasteiger partial charge in [0.2, 0.25) is 5.91 Å². The summed E-state index contributed by atoms with van der Waals surface area (Å²) < 4.78 is 0. The third kappa shape index (κ3) is 1.85. The van der Waals surface area contributed by atoms with E-state index in [1.54, 1.807) is 0 Å². The van der Waals surface area contributed by atoms with Gasteiger partial charge in [0.15, 0.2) is 0 Å². The fourth-order valence-electron chi connectivity index (χ4n) is 2.69. The van der Waals surface area contributed by atoms with E-state index in [4.69, 9.17) is 0 Å². The van der Waals surface area contributed by atoms with Crippen LogP contribution >= 0.6 is 0 Å². The average Bonchev–Trinajstić information content (AvgIpc) is 2.18.